The summed E-state index contributed by atoms with van der Waals surface area (Å²) in [5.41, 5.74) is 14.5. The van der Waals surface area contributed by atoms with E-state index in [4.69, 9.17) is 9.72 Å². The van der Waals surface area contributed by atoms with E-state index in [9.17, 15) is 0 Å². The van der Waals surface area contributed by atoms with Gasteiger partial charge in [0, 0.05) is 56.7 Å². The van der Waals surface area contributed by atoms with Crippen LogP contribution in [0, 0.1) is 0 Å². The fourth-order valence-electron chi connectivity index (χ4n) is 10.8. The van der Waals surface area contributed by atoms with Crippen molar-refractivity contribution in [2.45, 2.75) is 84.0 Å². The van der Waals surface area contributed by atoms with E-state index in [1.165, 1.54) is 38.8 Å². The summed E-state index contributed by atoms with van der Waals surface area (Å²) in [6.07, 6.45) is 1.93. The summed E-state index contributed by atoms with van der Waals surface area (Å²) in [5, 5.41) is 2.33. The van der Waals surface area contributed by atoms with Crippen molar-refractivity contribution < 1.29 is 4.74 Å². The molecule has 10 aromatic rings. The minimum atomic E-state index is -0.344. The van der Waals surface area contributed by atoms with Crippen LogP contribution in [0.2, 0.25) is 0 Å². The van der Waals surface area contributed by atoms with E-state index >= 15 is 0 Å². The molecule has 0 radical (unpaired) electrons. The van der Waals surface area contributed by atoms with Crippen LogP contribution in [0.1, 0.15) is 101 Å². The van der Waals surface area contributed by atoms with Gasteiger partial charge in [-0.25, -0.2) is 4.98 Å². The highest BCUT2D eigenvalue weighted by Gasteiger charge is 2.34. The van der Waals surface area contributed by atoms with Gasteiger partial charge in [-0.05, 0) is 111 Å². The molecule has 0 saturated heterocycles. The van der Waals surface area contributed by atoms with Gasteiger partial charge < -0.3 is 14.5 Å². The molecular weight excluding hydrogens is 877 g/mol. The minimum Gasteiger partial charge on any atom is -0.457 e. The molecule has 8 aromatic carbocycles. The average Bonchev–Trinajstić information content (AvgIpc) is 3.95. The second kappa shape index (κ2) is 17.8. The highest BCUT2D eigenvalue weighted by Crippen LogP contribution is 2.49. The Bertz CT molecular complexity index is 3530. The van der Waals surface area contributed by atoms with E-state index in [-0.39, 0.29) is 21.7 Å². The van der Waals surface area contributed by atoms with Crippen molar-refractivity contribution in [3.05, 3.63) is 251 Å². The standard InChI is InChI=1S/C67H64N4O/c1-64(2,3)49-35-36-68-63(42-49)71-59-30-20-19-29-57(59)58-34-33-55(44-62(58)71)72-56-41-52(67(8,9)48-27-17-12-18-28-48)40-54(43-56)70-45-69(60-31-21-22-32-61(60)70)53-38-50(65(4,5)46-23-13-10-14-24-46)37-51(39-53)66(6,7)47-25-15-11-16-26-47/h10-44H,45H2,1-9H3. The Morgan fingerprint density at radius 1 is 0.375 bits per heavy atom. The molecule has 2 aromatic heterocycles. The van der Waals surface area contributed by atoms with Crippen molar-refractivity contribution in [3.63, 3.8) is 0 Å². The molecule has 3 heterocycles. The molecule has 0 N–H and O–H groups in total. The van der Waals surface area contributed by atoms with Gasteiger partial charge in [-0.3, -0.25) is 4.57 Å². The monoisotopic (exact) mass is 941 g/mol. The summed E-state index contributed by atoms with van der Waals surface area (Å²) in [6, 6.07) is 75.0. The predicted molar refractivity (Wildman–Crippen MR) is 302 cm³/mol. The Kier molecular flexibility index (Phi) is 11.5. The molecule has 1 aliphatic heterocycles. The first-order valence-corrected chi connectivity index (χ1v) is 25.4. The van der Waals surface area contributed by atoms with Crippen molar-refractivity contribution in [3.8, 4) is 17.3 Å². The number of ether oxygens (including phenoxy) is 1. The first kappa shape index (κ1) is 46.5. The summed E-state index contributed by atoms with van der Waals surface area (Å²) in [7, 11) is 0. The molecule has 0 amide bonds. The summed E-state index contributed by atoms with van der Waals surface area (Å²) in [5.74, 6) is 2.42. The molecule has 0 atom stereocenters. The van der Waals surface area contributed by atoms with Crippen molar-refractivity contribution in [2.24, 2.45) is 0 Å². The number of fused-ring (bicyclic) bond motifs is 4. The van der Waals surface area contributed by atoms with Crippen LogP contribution >= 0.6 is 0 Å². The lowest BCUT2D eigenvalue weighted by Crippen LogP contribution is -2.27. The van der Waals surface area contributed by atoms with Crippen LogP contribution in [0.4, 0.5) is 22.7 Å². The minimum absolute atomic E-state index is 0.0284. The van der Waals surface area contributed by atoms with Gasteiger partial charge in [-0.1, -0.05) is 190 Å². The zero-order valence-corrected chi connectivity index (χ0v) is 43.1. The van der Waals surface area contributed by atoms with Crippen LogP contribution in [0.15, 0.2) is 212 Å². The second-order valence-electron chi connectivity index (χ2n) is 22.2. The molecule has 11 rings (SSSR count). The van der Waals surface area contributed by atoms with Crippen LogP contribution in [0.25, 0.3) is 27.6 Å². The van der Waals surface area contributed by atoms with Crippen LogP contribution in [-0.4, -0.2) is 16.2 Å². The Morgan fingerprint density at radius 2 is 0.847 bits per heavy atom. The number of para-hydroxylation sites is 3. The van der Waals surface area contributed by atoms with Gasteiger partial charge in [-0.2, -0.15) is 0 Å². The van der Waals surface area contributed by atoms with E-state index in [2.05, 4.69) is 283 Å². The molecule has 5 nitrogen and oxygen atoms in total. The SMILES string of the molecule is CC(C)(C)c1ccnc(-n2c3ccccc3c3ccc(Oc4cc(N5CN(c6cc(C(C)(C)c7ccccc7)cc(C(C)(C)c7ccccc7)c6)c6ccccc65)cc(C(C)(C)c5ccccc5)c4)cc32)c1. The molecule has 0 spiro atoms. The molecule has 0 saturated carbocycles. The number of hydrogen-bond acceptors (Lipinski definition) is 4. The fraction of sp³-hybridized carbons (Fsp3) is 0.209. The maximum atomic E-state index is 7.14. The summed E-state index contributed by atoms with van der Waals surface area (Å²) in [6.45, 7) is 21.4. The summed E-state index contributed by atoms with van der Waals surface area (Å²) in [4.78, 5) is 9.90. The van der Waals surface area contributed by atoms with Gasteiger partial charge in [0.2, 0.25) is 0 Å². The van der Waals surface area contributed by atoms with E-state index in [0.717, 1.165) is 62.0 Å². The third-order valence-corrected chi connectivity index (χ3v) is 15.6. The van der Waals surface area contributed by atoms with E-state index in [1.807, 2.05) is 6.20 Å². The lowest BCUT2D eigenvalue weighted by molar-refractivity contribution is 0.480. The number of anilines is 4. The summed E-state index contributed by atoms with van der Waals surface area (Å²) < 4.78 is 9.42. The Hall–Kier alpha value is -7.89. The van der Waals surface area contributed by atoms with Gasteiger partial charge in [0.05, 0.1) is 22.4 Å². The van der Waals surface area contributed by atoms with Crippen molar-refractivity contribution in [2.75, 3.05) is 16.5 Å². The normalized spacial score (nSPS) is 13.2. The Morgan fingerprint density at radius 3 is 1.39 bits per heavy atom. The first-order valence-electron chi connectivity index (χ1n) is 25.4. The quantitative estimate of drug-likeness (QED) is 0.129. The molecule has 72 heavy (non-hydrogen) atoms. The van der Waals surface area contributed by atoms with Crippen molar-refractivity contribution in [1.82, 2.24) is 9.55 Å². The van der Waals surface area contributed by atoms with Crippen LogP contribution in [0.3, 0.4) is 0 Å². The number of benzene rings is 8. The van der Waals surface area contributed by atoms with Crippen molar-refractivity contribution in [1.29, 1.82) is 0 Å². The molecule has 358 valence electrons. The van der Waals surface area contributed by atoms with Gasteiger partial charge in [0.25, 0.3) is 0 Å². The largest absolute Gasteiger partial charge is 0.457 e. The highest BCUT2D eigenvalue weighted by atomic mass is 16.5. The van der Waals surface area contributed by atoms with E-state index in [1.54, 1.807) is 0 Å². The zero-order chi connectivity index (χ0) is 50.0. The molecule has 1 aliphatic rings. The van der Waals surface area contributed by atoms with E-state index in [0.29, 0.717) is 6.67 Å². The van der Waals surface area contributed by atoms with Crippen LogP contribution < -0.4 is 14.5 Å². The predicted octanol–water partition coefficient (Wildman–Crippen LogP) is 17.5. The summed E-state index contributed by atoms with van der Waals surface area (Å²) >= 11 is 0. The van der Waals surface area contributed by atoms with Crippen LogP contribution in [-0.2, 0) is 21.7 Å². The maximum Gasteiger partial charge on any atom is 0.137 e. The third-order valence-electron chi connectivity index (χ3n) is 15.6. The second-order valence-corrected chi connectivity index (χ2v) is 22.2. The number of rotatable bonds is 11. The van der Waals surface area contributed by atoms with Gasteiger partial charge in [0.15, 0.2) is 0 Å². The Labute approximate surface area is 426 Å². The zero-order valence-electron chi connectivity index (χ0n) is 43.1. The average molecular weight is 941 g/mol. The highest BCUT2D eigenvalue weighted by molar-refractivity contribution is 6.09. The number of nitrogens with zero attached hydrogens (tertiary/aromatic N) is 4. The maximum absolute atomic E-state index is 7.14. The molecule has 5 heteroatoms. The number of pyridine rings is 1. The lowest BCUT2D eigenvalue weighted by Gasteiger charge is -2.33. The molecular formula is C67H64N4O. The topological polar surface area (TPSA) is 33.5 Å². The smallest absolute Gasteiger partial charge is 0.137 e. The van der Waals surface area contributed by atoms with Crippen molar-refractivity contribution >= 4 is 44.6 Å². The lowest BCUT2D eigenvalue weighted by atomic mass is 9.73. The fourth-order valence-corrected chi connectivity index (χ4v) is 10.8. The third kappa shape index (κ3) is 8.31. The molecule has 0 bridgehead atoms. The first-order chi connectivity index (χ1) is 34.6. The molecule has 0 fully saturated rings. The molecule has 0 aliphatic carbocycles. The van der Waals surface area contributed by atoms with E-state index < -0.39 is 0 Å². The van der Waals surface area contributed by atoms with Gasteiger partial charge in [-0.15, -0.1) is 0 Å². The van der Waals surface area contributed by atoms with Gasteiger partial charge in [0.1, 0.15) is 24.0 Å². The number of aromatic nitrogens is 2. The Balaban J connectivity index is 1.04. The van der Waals surface area contributed by atoms with Gasteiger partial charge >= 0.3 is 0 Å². The molecule has 0 unspecified atom stereocenters. The van der Waals surface area contributed by atoms with Crippen LogP contribution in [0.5, 0.6) is 11.5 Å². The number of hydrogen-bond donors (Lipinski definition) is 0.